The summed E-state index contributed by atoms with van der Waals surface area (Å²) in [5.41, 5.74) is 1.49. The quantitative estimate of drug-likeness (QED) is 0.752. The van der Waals surface area contributed by atoms with Crippen molar-refractivity contribution in [3.8, 4) is 0 Å². The van der Waals surface area contributed by atoms with Crippen LogP contribution in [0.5, 0.6) is 0 Å². The minimum atomic E-state index is -0.901. The number of amides is 2. The zero-order chi connectivity index (χ0) is 16.0. The molecule has 0 aromatic heterocycles. The second kappa shape index (κ2) is 7.88. The van der Waals surface area contributed by atoms with Gasteiger partial charge in [-0.3, -0.25) is 4.79 Å². The Morgan fingerprint density at radius 3 is 2.52 bits per heavy atom. The first-order chi connectivity index (χ1) is 9.79. The summed E-state index contributed by atoms with van der Waals surface area (Å²) < 4.78 is 0. The number of anilines is 1. The Hall–Kier alpha value is -1.75. The largest absolute Gasteiger partial charge is 0.481 e. The number of rotatable bonds is 6. The number of urea groups is 1. The Balaban J connectivity index is 2.52. The normalized spacial score (nSPS) is 12.0. The lowest BCUT2D eigenvalue weighted by molar-refractivity contribution is -0.142. The molecule has 1 rings (SSSR count). The molecule has 0 aliphatic rings. The Morgan fingerprint density at radius 2 is 2.00 bits per heavy atom. The first kappa shape index (κ1) is 17.3. The van der Waals surface area contributed by atoms with E-state index in [9.17, 15) is 9.59 Å². The van der Waals surface area contributed by atoms with Crippen LogP contribution in [-0.4, -0.2) is 23.7 Å². The van der Waals surface area contributed by atoms with Crippen molar-refractivity contribution in [1.29, 1.82) is 0 Å². The third-order valence-electron chi connectivity index (χ3n) is 3.04. The van der Waals surface area contributed by atoms with Crippen LogP contribution in [0.3, 0.4) is 0 Å². The van der Waals surface area contributed by atoms with Crippen molar-refractivity contribution in [2.24, 2.45) is 11.8 Å². The topological polar surface area (TPSA) is 78.4 Å². The standard InChI is InChI=1S/C15H21ClN2O3/c1-9(2)6-11(14(19)20)8-17-15(21)18-12-5-4-10(3)13(16)7-12/h4-5,7,9,11H,6,8H2,1-3H3,(H,19,20)(H2,17,18,21). The fourth-order valence-corrected chi connectivity index (χ4v) is 2.08. The Labute approximate surface area is 129 Å². The van der Waals surface area contributed by atoms with E-state index in [0.717, 1.165) is 5.56 Å². The van der Waals surface area contributed by atoms with Crippen LogP contribution in [0.15, 0.2) is 18.2 Å². The highest BCUT2D eigenvalue weighted by molar-refractivity contribution is 6.31. The number of benzene rings is 1. The Bertz CT molecular complexity index is 518. The number of hydrogen-bond donors (Lipinski definition) is 3. The second-order valence-corrected chi connectivity index (χ2v) is 5.87. The summed E-state index contributed by atoms with van der Waals surface area (Å²) in [6.07, 6.45) is 0.520. The first-order valence-electron chi connectivity index (χ1n) is 6.83. The smallest absolute Gasteiger partial charge is 0.319 e. The minimum Gasteiger partial charge on any atom is -0.481 e. The van der Waals surface area contributed by atoms with Gasteiger partial charge in [-0.05, 0) is 37.0 Å². The van der Waals surface area contributed by atoms with Crippen molar-refractivity contribution < 1.29 is 14.7 Å². The lowest BCUT2D eigenvalue weighted by Gasteiger charge is -2.16. The highest BCUT2D eigenvalue weighted by atomic mass is 35.5. The molecule has 2 amide bonds. The van der Waals surface area contributed by atoms with Gasteiger partial charge in [-0.25, -0.2) is 4.79 Å². The molecule has 1 unspecified atom stereocenters. The van der Waals surface area contributed by atoms with E-state index >= 15 is 0 Å². The van der Waals surface area contributed by atoms with Crippen molar-refractivity contribution in [3.05, 3.63) is 28.8 Å². The summed E-state index contributed by atoms with van der Waals surface area (Å²) in [5.74, 6) is -1.23. The lowest BCUT2D eigenvalue weighted by Crippen LogP contribution is -2.36. The summed E-state index contributed by atoms with van der Waals surface area (Å²) in [5, 5.41) is 14.9. The average Bonchev–Trinajstić information content (AvgIpc) is 2.38. The number of aryl methyl sites for hydroxylation is 1. The van der Waals surface area contributed by atoms with Gasteiger partial charge in [-0.2, -0.15) is 0 Å². The van der Waals surface area contributed by atoms with Gasteiger partial charge in [-0.15, -0.1) is 0 Å². The molecule has 0 radical (unpaired) electrons. The molecule has 1 aromatic carbocycles. The average molecular weight is 313 g/mol. The molecular weight excluding hydrogens is 292 g/mol. The van der Waals surface area contributed by atoms with Gasteiger partial charge in [0.15, 0.2) is 0 Å². The molecule has 1 aromatic rings. The highest BCUT2D eigenvalue weighted by Crippen LogP contribution is 2.19. The molecule has 0 saturated heterocycles. The van der Waals surface area contributed by atoms with Gasteiger partial charge in [0.05, 0.1) is 5.92 Å². The molecule has 3 N–H and O–H groups in total. The fourth-order valence-electron chi connectivity index (χ4n) is 1.90. The summed E-state index contributed by atoms with van der Waals surface area (Å²) in [7, 11) is 0. The number of carbonyl (C=O) groups is 2. The number of carboxylic acid groups (broad SMARTS) is 1. The van der Waals surface area contributed by atoms with Gasteiger partial charge in [0.25, 0.3) is 0 Å². The molecule has 0 aliphatic carbocycles. The van der Waals surface area contributed by atoms with Crippen LogP contribution >= 0.6 is 11.6 Å². The summed E-state index contributed by atoms with van der Waals surface area (Å²) in [4.78, 5) is 22.9. The van der Waals surface area contributed by atoms with Crippen molar-refractivity contribution in [1.82, 2.24) is 5.32 Å². The van der Waals surface area contributed by atoms with Gasteiger partial charge < -0.3 is 15.7 Å². The van der Waals surface area contributed by atoms with E-state index in [-0.39, 0.29) is 12.5 Å². The summed E-state index contributed by atoms with van der Waals surface area (Å²) in [6, 6.07) is 4.75. The maximum Gasteiger partial charge on any atom is 0.319 e. The van der Waals surface area contributed by atoms with Crippen LogP contribution in [0.1, 0.15) is 25.8 Å². The second-order valence-electron chi connectivity index (χ2n) is 5.46. The molecule has 0 spiro atoms. The molecule has 0 aliphatic heterocycles. The van der Waals surface area contributed by atoms with Gasteiger partial charge in [0.1, 0.15) is 0 Å². The van der Waals surface area contributed by atoms with E-state index in [0.29, 0.717) is 17.1 Å². The van der Waals surface area contributed by atoms with Gasteiger partial charge in [0, 0.05) is 17.3 Å². The highest BCUT2D eigenvalue weighted by Gasteiger charge is 2.19. The van der Waals surface area contributed by atoms with Gasteiger partial charge in [-0.1, -0.05) is 31.5 Å². The molecule has 5 nitrogen and oxygen atoms in total. The zero-order valence-electron chi connectivity index (χ0n) is 12.4. The van der Waals surface area contributed by atoms with Crippen molar-refractivity contribution in [2.45, 2.75) is 27.2 Å². The van der Waals surface area contributed by atoms with Gasteiger partial charge in [0.2, 0.25) is 0 Å². The third-order valence-corrected chi connectivity index (χ3v) is 3.45. The number of hydrogen-bond acceptors (Lipinski definition) is 2. The molecule has 0 saturated carbocycles. The van der Waals surface area contributed by atoms with Crippen molar-refractivity contribution in [2.75, 3.05) is 11.9 Å². The van der Waals surface area contributed by atoms with Crippen LogP contribution < -0.4 is 10.6 Å². The van der Waals surface area contributed by atoms with Crippen LogP contribution in [-0.2, 0) is 4.79 Å². The SMILES string of the molecule is Cc1ccc(NC(=O)NCC(CC(C)C)C(=O)O)cc1Cl. The molecular formula is C15H21ClN2O3. The van der Waals surface area contributed by atoms with Crippen LogP contribution in [0.2, 0.25) is 5.02 Å². The fraction of sp³-hybridized carbons (Fsp3) is 0.467. The number of carboxylic acids is 1. The predicted molar refractivity (Wildman–Crippen MR) is 83.8 cm³/mol. The Morgan fingerprint density at radius 1 is 1.33 bits per heavy atom. The molecule has 21 heavy (non-hydrogen) atoms. The van der Waals surface area contributed by atoms with Crippen LogP contribution in [0.4, 0.5) is 10.5 Å². The molecule has 0 bridgehead atoms. The Kier molecular flexibility index (Phi) is 6.49. The molecule has 0 heterocycles. The number of aliphatic carboxylic acids is 1. The molecule has 0 fully saturated rings. The minimum absolute atomic E-state index is 0.0962. The maximum absolute atomic E-state index is 11.8. The van der Waals surface area contributed by atoms with E-state index in [1.165, 1.54) is 0 Å². The first-order valence-corrected chi connectivity index (χ1v) is 7.21. The summed E-state index contributed by atoms with van der Waals surface area (Å²) in [6.45, 7) is 5.86. The third kappa shape index (κ3) is 6.04. The van der Waals surface area contributed by atoms with Crippen LogP contribution in [0, 0.1) is 18.8 Å². The van der Waals surface area contributed by atoms with Crippen LogP contribution in [0.25, 0.3) is 0 Å². The van der Waals surface area contributed by atoms with E-state index in [1.54, 1.807) is 18.2 Å². The number of carbonyl (C=O) groups excluding carboxylic acids is 1. The molecule has 116 valence electrons. The van der Waals surface area contributed by atoms with E-state index < -0.39 is 17.9 Å². The monoisotopic (exact) mass is 312 g/mol. The van der Waals surface area contributed by atoms with Gasteiger partial charge >= 0.3 is 12.0 Å². The number of halogens is 1. The predicted octanol–water partition coefficient (Wildman–Crippen LogP) is 3.52. The summed E-state index contributed by atoms with van der Waals surface area (Å²) >= 11 is 5.97. The van der Waals surface area contributed by atoms with Crippen molar-refractivity contribution >= 4 is 29.3 Å². The van der Waals surface area contributed by atoms with E-state index in [1.807, 2.05) is 20.8 Å². The molecule has 1 atom stereocenters. The number of nitrogens with one attached hydrogen (secondary N) is 2. The van der Waals surface area contributed by atoms with Crippen molar-refractivity contribution in [3.63, 3.8) is 0 Å². The van der Waals surface area contributed by atoms with E-state index in [2.05, 4.69) is 10.6 Å². The zero-order valence-corrected chi connectivity index (χ0v) is 13.2. The maximum atomic E-state index is 11.8. The lowest BCUT2D eigenvalue weighted by atomic mass is 9.97. The molecule has 6 heteroatoms. The van der Waals surface area contributed by atoms with E-state index in [4.69, 9.17) is 16.7 Å².